The van der Waals surface area contributed by atoms with E-state index in [1.54, 1.807) is 24.3 Å². The van der Waals surface area contributed by atoms with Crippen LogP contribution in [0.1, 0.15) is 47.2 Å². The van der Waals surface area contributed by atoms with Crippen LogP contribution >= 0.6 is 0 Å². The van der Waals surface area contributed by atoms with E-state index in [1.807, 2.05) is 29.2 Å². The summed E-state index contributed by atoms with van der Waals surface area (Å²) in [6.07, 6.45) is 4.13. The molecular formula is C22H22N4O2. The van der Waals surface area contributed by atoms with Crippen molar-refractivity contribution in [3.63, 3.8) is 0 Å². The predicted octanol–water partition coefficient (Wildman–Crippen LogP) is 3.65. The molecule has 0 heterocycles. The van der Waals surface area contributed by atoms with Gasteiger partial charge in [-0.1, -0.05) is 12.1 Å². The average molecular weight is 374 g/mol. The molecule has 0 spiro atoms. The van der Waals surface area contributed by atoms with E-state index in [0.717, 1.165) is 31.2 Å². The molecule has 2 fully saturated rings. The van der Waals surface area contributed by atoms with Gasteiger partial charge in [0.05, 0.1) is 11.6 Å². The third kappa shape index (κ3) is 4.49. The number of hydrogen-bond acceptors (Lipinski definition) is 3. The van der Waals surface area contributed by atoms with Crippen LogP contribution in [0.25, 0.3) is 0 Å². The van der Waals surface area contributed by atoms with Gasteiger partial charge in [-0.15, -0.1) is 0 Å². The second kappa shape index (κ2) is 7.73. The molecule has 6 heteroatoms. The Labute approximate surface area is 164 Å². The summed E-state index contributed by atoms with van der Waals surface area (Å²) in [4.78, 5) is 26.7. The maximum Gasteiger partial charge on any atom is 0.322 e. The van der Waals surface area contributed by atoms with Gasteiger partial charge in [0.15, 0.2) is 0 Å². The highest BCUT2D eigenvalue weighted by Gasteiger charge is 2.32. The number of benzene rings is 2. The number of carbonyl (C=O) groups is 2. The number of nitrogens with zero attached hydrogens (tertiary/aromatic N) is 2. The van der Waals surface area contributed by atoms with Crippen LogP contribution in [-0.4, -0.2) is 28.9 Å². The number of anilines is 1. The number of hydrogen-bond donors (Lipinski definition) is 2. The van der Waals surface area contributed by atoms with E-state index in [9.17, 15) is 9.59 Å². The quantitative estimate of drug-likeness (QED) is 0.809. The van der Waals surface area contributed by atoms with Crippen molar-refractivity contribution < 1.29 is 9.59 Å². The molecule has 2 aromatic rings. The summed E-state index contributed by atoms with van der Waals surface area (Å²) in [6.45, 7) is 0.497. The van der Waals surface area contributed by atoms with Crippen molar-refractivity contribution in [1.29, 1.82) is 5.26 Å². The smallest absolute Gasteiger partial charge is 0.322 e. The molecule has 2 aromatic carbocycles. The predicted molar refractivity (Wildman–Crippen MR) is 106 cm³/mol. The normalized spacial score (nSPS) is 15.4. The monoisotopic (exact) mass is 374 g/mol. The van der Waals surface area contributed by atoms with E-state index in [0.29, 0.717) is 29.4 Å². The molecule has 0 bridgehead atoms. The van der Waals surface area contributed by atoms with Gasteiger partial charge >= 0.3 is 6.03 Å². The van der Waals surface area contributed by atoms with Crippen molar-refractivity contribution in [3.05, 3.63) is 65.2 Å². The van der Waals surface area contributed by atoms with Gasteiger partial charge in [0.1, 0.15) is 0 Å². The molecule has 142 valence electrons. The summed E-state index contributed by atoms with van der Waals surface area (Å²) in [6, 6.07) is 16.8. The zero-order chi connectivity index (χ0) is 19.5. The summed E-state index contributed by atoms with van der Waals surface area (Å²) < 4.78 is 0. The number of nitriles is 1. The Morgan fingerprint density at radius 1 is 1.00 bits per heavy atom. The van der Waals surface area contributed by atoms with Gasteiger partial charge in [-0.3, -0.25) is 4.79 Å². The Morgan fingerprint density at radius 3 is 2.25 bits per heavy atom. The maximum absolute atomic E-state index is 12.7. The Balaban J connectivity index is 1.39. The second-order valence-electron chi connectivity index (χ2n) is 7.42. The first-order chi connectivity index (χ1) is 13.6. The van der Waals surface area contributed by atoms with Crippen LogP contribution in [0.15, 0.2) is 48.5 Å². The van der Waals surface area contributed by atoms with Gasteiger partial charge in [-0.25, -0.2) is 4.79 Å². The van der Waals surface area contributed by atoms with Gasteiger partial charge in [-0.05, 0) is 67.6 Å². The lowest BCUT2D eigenvalue weighted by molar-refractivity contribution is 0.0951. The van der Waals surface area contributed by atoms with Crippen LogP contribution in [0.5, 0.6) is 0 Å². The van der Waals surface area contributed by atoms with Gasteiger partial charge in [0.2, 0.25) is 0 Å². The number of amides is 3. The molecule has 4 rings (SSSR count). The lowest BCUT2D eigenvalue weighted by atomic mass is 10.1. The van der Waals surface area contributed by atoms with Crippen LogP contribution in [0.3, 0.4) is 0 Å². The second-order valence-corrected chi connectivity index (χ2v) is 7.42. The van der Waals surface area contributed by atoms with E-state index in [-0.39, 0.29) is 18.0 Å². The number of rotatable bonds is 6. The molecule has 0 saturated heterocycles. The summed E-state index contributed by atoms with van der Waals surface area (Å²) in [5.74, 6) is -0.0355. The number of urea groups is 1. The van der Waals surface area contributed by atoms with Crippen molar-refractivity contribution in [2.45, 2.75) is 44.3 Å². The van der Waals surface area contributed by atoms with Gasteiger partial charge in [0, 0.05) is 29.9 Å². The van der Waals surface area contributed by atoms with Crippen LogP contribution in [0, 0.1) is 11.3 Å². The fourth-order valence-corrected chi connectivity index (χ4v) is 3.03. The fraction of sp³-hybridized carbons (Fsp3) is 0.318. The molecule has 6 nitrogen and oxygen atoms in total. The SMILES string of the molecule is N#Cc1ccc(NC(=O)N(Cc2ccc(C(=O)NC3CC3)cc2)C2CC2)cc1. The van der Waals surface area contributed by atoms with E-state index in [4.69, 9.17) is 5.26 Å². The van der Waals surface area contributed by atoms with Crippen LogP contribution < -0.4 is 10.6 Å². The summed E-state index contributed by atoms with van der Waals surface area (Å²) in [5, 5.41) is 14.8. The number of carbonyl (C=O) groups excluding carboxylic acids is 2. The van der Waals surface area contributed by atoms with Crippen molar-refractivity contribution in [1.82, 2.24) is 10.2 Å². The van der Waals surface area contributed by atoms with Crippen molar-refractivity contribution >= 4 is 17.6 Å². The average Bonchev–Trinajstić information content (AvgIpc) is 3.62. The topological polar surface area (TPSA) is 85.2 Å². The number of nitrogens with one attached hydrogen (secondary N) is 2. The third-order valence-electron chi connectivity index (χ3n) is 5.00. The third-order valence-corrected chi connectivity index (χ3v) is 5.00. The molecule has 28 heavy (non-hydrogen) atoms. The van der Waals surface area contributed by atoms with Crippen molar-refractivity contribution in [2.75, 3.05) is 5.32 Å². The Hall–Kier alpha value is -3.33. The summed E-state index contributed by atoms with van der Waals surface area (Å²) >= 11 is 0. The van der Waals surface area contributed by atoms with Crippen LogP contribution in [0.2, 0.25) is 0 Å². The first-order valence-electron chi connectivity index (χ1n) is 9.60. The van der Waals surface area contributed by atoms with E-state index in [2.05, 4.69) is 16.7 Å². The summed E-state index contributed by atoms with van der Waals surface area (Å²) in [7, 11) is 0. The van der Waals surface area contributed by atoms with Crippen LogP contribution in [-0.2, 0) is 6.54 Å². The molecule has 2 aliphatic carbocycles. The molecule has 2 aliphatic rings. The van der Waals surface area contributed by atoms with Crippen molar-refractivity contribution in [3.8, 4) is 6.07 Å². The minimum Gasteiger partial charge on any atom is -0.349 e. The van der Waals surface area contributed by atoms with Gasteiger partial charge in [0.25, 0.3) is 5.91 Å². The Bertz CT molecular complexity index is 907. The van der Waals surface area contributed by atoms with Crippen LogP contribution in [0.4, 0.5) is 10.5 Å². The lowest BCUT2D eigenvalue weighted by Crippen LogP contribution is -2.36. The highest BCUT2D eigenvalue weighted by atomic mass is 16.2. The van der Waals surface area contributed by atoms with Gasteiger partial charge in [-0.2, -0.15) is 5.26 Å². The first kappa shape index (κ1) is 18.1. The van der Waals surface area contributed by atoms with Gasteiger partial charge < -0.3 is 15.5 Å². The fourth-order valence-electron chi connectivity index (χ4n) is 3.03. The zero-order valence-electron chi connectivity index (χ0n) is 15.5. The molecule has 2 N–H and O–H groups in total. The molecular weight excluding hydrogens is 352 g/mol. The first-order valence-corrected chi connectivity index (χ1v) is 9.60. The lowest BCUT2D eigenvalue weighted by Gasteiger charge is -2.23. The largest absolute Gasteiger partial charge is 0.349 e. The molecule has 0 unspecified atom stereocenters. The van der Waals surface area contributed by atoms with Crippen molar-refractivity contribution in [2.24, 2.45) is 0 Å². The Kier molecular flexibility index (Phi) is 4.98. The molecule has 0 aromatic heterocycles. The van der Waals surface area contributed by atoms with E-state index in [1.165, 1.54) is 0 Å². The molecule has 2 saturated carbocycles. The molecule has 0 aliphatic heterocycles. The Morgan fingerprint density at radius 2 is 1.68 bits per heavy atom. The molecule has 0 atom stereocenters. The summed E-state index contributed by atoms with van der Waals surface area (Å²) in [5.41, 5.74) is 2.87. The highest BCUT2D eigenvalue weighted by Crippen LogP contribution is 2.29. The zero-order valence-corrected chi connectivity index (χ0v) is 15.5. The minimum absolute atomic E-state index is 0.0355. The van der Waals surface area contributed by atoms with E-state index >= 15 is 0 Å². The van der Waals surface area contributed by atoms with E-state index < -0.39 is 0 Å². The molecule has 0 radical (unpaired) electrons. The molecule has 3 amide bonds. The minimum atomic E-state index is -0.150. The maximum atomic E-state index is 12.7. The highest BCUT2D eigenvalue weighted by molar-refractivity contribution is 5.94. The standard InChI is InChI=1S/C22H22N4O2/c23-13-15-3-7-19(8-4-15)25-22(28)26(20-11-12-20)14-16-1-5-17(6-2-16)21(27)24-18-9-10-18/h1-8,18,20H,9-12,14H2,(H,24,27)(H,25,28).